The summed E-state index contributed by atoms with van der Waals surface area (Å²) in [5, 5.41) is 13.5. The van der Waals surface area contributed by atoms with E-state index in [0.29, 0.717) is 0 Å². The van der Waals surface area contributed by atoms with Gasteiger partial charge in [-0.1, -0.05) is 146 Å². The lowest BCUT2D eigenvalue weighted by atomic mass is 9.45. The highest BCUT2D eigenvalue weighted by molar-refractivity contribution is 7.27. The third kappa shape index (κ3) is 3.52. The molecule has 10 heterocycles. The summed E-state index contributed by atoms with van der Waals surface area (Å²) in [4.78, 5) is 0. The molecule has 4 aliphatic rings. The zero-order valence-corrected chi connectivity index (χ0v) is 38.7. The predicted molar refractivity (Wildman–Crippen MR) is 301 cm³/mol. The molecule has 70 heavy (non-hydrogen) atoms. The summed E-state index contributed by atoms with van der Waals surface area (Å²) >= 11 is 3.94. The fourth-order valence-corrected chi connectivity index (χ4v) is 17.6. The molecule has 0 bridgehead atoms. The van der Waals surface area contributed by atoms with Gasteiger partial charge in [-0.2, -0.15) is 0 Å². The highest BCUT2D eigenvalue weighted by atomic mass is 32.1. The van der Waals surface area contributed by atoms with Gasteiger partial charge in [0.15, 0.2) is 0 Å². The molecule has 0 unspecified atom stereocenters. The van der Waals surface area contributed by atoms with Gasteiger partial charge in [-0.05, 0) is 69.4 Å². The number of nitrogens with zero attached hydrogens (tertiary/aromatic N) is 4. The Morgan fingerprint density at radius 3 is 1.20 bits per heavy atom. The molecule has 0 fully saturated rings. The highest BCUT2D eigenvalue weighted by Crippen LogP contribution is 2.55. The molecule has 0 aliphatic carbocycles. The molecule has 0 atom stereocenters. The van der Waals surface area contributed by atoms with Gasteiger partial charge in [0.2, 0.25) is 0 Å². The number of rotatable bonds is 0. The van der Waals surface area contributed by atoms with Gasteiger partial charge in [-0.25, -0.2) is 0 Å². The smallest absolute Gasteiger partial charge is 0.333 e. The molecule has 6 aromatic heterocycles. The van der Waals surface area contributed by atoms with Crippen molar-refractivity contribution in [3.8, 4) is 33.6 Å². The first kappa shape index (κ1) is 34.9. The fourth-order valence-electron chi connectivity index (χ4n) is 15.1. The van der Waals surface area contributed by atoms with Gasteiger partial charge >= 0.3 is 13.7 Å². The number of para-hydroxylation sites is 6. The zero-order valence-electron chi connectivity index (χ0n) is 37.1. The first-order valence-corrected chi connectivity index (χ1v) is 26.1. The minimum Gasteiger partial charge on any atom is -0.374 e. The van der Waals surface area contributed by atoms with Crippen LogP contribution in [0.25, 0.3) is 150 Å². The van der Waals surface area contributed by atoms with Crippen LogP contribution in [0.15, 0.2) is 182 Å². The SMILES string of the molecule is c1ccc2c(c1)B1c3c(c4c5ccccc5sc4c4c5ccccc5n-2c34)-c2cccc3c2n1c1c2cccc4c2n(c31)B1c2ccccc2-n2c3ccccc3c3c5sc6ccccc6c5c-4c1c32. The standard InChI is InChI=1S/C62H30B2N4S2/c1-7-25-41-31(15-1)51-59-53-47(49-33-17-3-11-29-45(33)69-61(49)51)35-19-13-21-37-55(35)67(63(53)39-23-5-9-27-43(39)65(41)59)57-38-22-14-20-36-48-50-34-18-4-12-30-46(34)70-62(50)52-32-16-2-8-26-42(32)66-44-28-10-6-24-40(44)64(54(48)60(52)66)68(56(36)38)58(37)57/h1-30H. The van der Waals surface area contributed by atoms with Crippen LogP contribution < -0.4 is 21.9 Å². The maximum atomic E-state index is 2.83. The molecule has 4 aliphatic heterocycles. The van der Waals surface area contributed by atoms with Gasteiger partial charge in [-0.3, -0.25) is 0 Å². The monoisotopic (exact) mass is 916 g/mol. The molecule has 4 nitrogen and oxygen atoms in total. The third-order valence-corrected chi connectivity index (χ3v) is 19.6. The Labute approximate surface area is 406 Å². The minimum atomic E-state index is -0.0605. The highest BCUT2D eigenvalue weighted by Gasteiger charge is 2.48. The maximum Gasteiger partial charge on any atom is 0.333 e. The topological polar surface area (TPSA) is 19.7 Å². The van der Waals surface area contributed by atoms with E-state index >= 15 is 0 Å². The summed E-state index contributed by atoms with van der Waals surface area (Å²) in [5.41, 5.74) is 24.1. The van der Waals surface area contributed by atoms with Crippen LogP contribution in [0.4, 0.5) is 0 Å². The van der Waals surface area contributed by atoms with Gasteiger partial charge in [0.1, 0.15) is 0 Å². The van der Waals surface area contributed by atoms with E-state index in [2.05, 4.69) is 200 Å². The average molecular weight is 917 g/mol. The summed E-state index contributed by atoms with van der Waals surface area (Å²) < 4.78 is 16.4. The van der Waals surface area contributed by atoms with Crippen molar-refractivity contribution in [1.29, 1.82) is 0 Å². The predicted octanol–water partition coefficient (Wildman–Crippen LogP) is 13.6. The molecular formula is C62H30B2N4S2. The number of hydrogen-bond donors (Lipinski definition) is 0. The zero-order chi connectivity index (χ0) is 44.6. The number of aromatic nitrogens is 4. The lowest BCUT2D eigenvalue weighted by Gasteiger charge is -2.34. The number of hydrogen-bond acceptors (Lipinski definition) is 2. The largest absolute Gasteiger partial charge is 0.374 e. The van der Waals surface area contributed by atoms with E-state index in [0.717, 1.165) is 0 Å². The third-order valence-electron chi connectivity index (χ3n) is 17.3. The molecule has 316 valence electrons. The van der Waals surface area contributed by atoms with E-state index in [1.54, 1.807) is 0 Å². The van der Waals surface area contributed by atoms with Crippen molar-refractivity contribution in [2.24, 2.45) is 0 Å². The van der Waals surface area contributed by atoms with Crippen LogP contribution in [0.5, 0.6) is 0 Å². The summed E-state index contributed by atoms with van der Waals surface area (Å²) in [5.74, 6) is 0. The van der Waals surface area contributed by atoms with Crippen LogP contribution in [0, 0.1) is 0 Å². The minimum absolute atomic E-state index is 0.0605. The van der Waals surface area contributed by atoms with Gasteiger partial charge in [0.05, 0.1) is 33.1 Å². The molecule has 0 saturated carbocycles. The van der Waals surface area contributed by atoms with E-state index in [1.807, 2.05) is 22.7 Å². The van der Waals surface area contributed by atoms with Crippen molar-refractivity contribution in [3.05, 3.63) is 182 Å². The van der Waals surface area contributed by atoms with Crippen molar-refractivity contribution in [2.45, 2.75) is 0 Å². The van der Waals surface area contributed by atoms with E-state index in [1.165, 1.54) is 172 Å². The molecule has 0 spiro atoms. The Kier molecular flexibility index (Phi) is 5.69. The van der Waals surface area contributed by atoms with Crippen molar-refractivity contribution in [2.75, 3.05) is 0 Å². The van der Waals surface area contributed by atoms with E-state index < -0.39 is 0 Å². The van der Waals surface area contributed by atoms with Gasteiger partial charge in [0, 0.05) is 106 Å². The van der Waals surface area contributed by atoms with E-state index in [-0.39, 0.29) is 13.7 Å². The van der Waals surface area contributed by atoms with Crippen LogP contribution in [-0.4, -0.2) is 31.8 Å². The van der Waals surface area contributed by atoms with Crippen LogP contribution in [0.1, 0.15) is 0 Å². The van der Waals surface area contributed by atoms with Crippen LogP contribution in [0.3, 0.4) is 0 Å². The van der Waals surface area contributed by atoms with Gasteiger partial charge in [0.25, 0.3) is 0 Å². The molecular weight excluding hydrogens is 886 g/mol. The normalized spacial score (nSPS) is 13.9. The van der Waals surface area contributed by atoms with Crippen molar-refractivity contribution in [3.63, 3.8) is 0 Å². The van der Waals surface area contributed by atoms with E-state index in [4.69, 9.17) is 0 Å². The summed E-state index contributed by atoms with van der Waals surface area (Å²) in [6, 6.07) is 69.8. The average Bonchev–Trinajstić information content (AvgIpc) is 4.26. The van der Waals surface area contributed by atoms with Crippen molar-refractivity contribution < 1.29 is 0 Å². The van der Waals surface area contributed by atoms with Crippen LogP contribution >= 0.6 is 22.7 Å². The molecule has 10 aromatic carbocycles. The Bertz CT molecular complexity index is 4960. The number of fused-ring (bicyclic) bond motifs is 31. The molecule has 0 radical (unpaired) electrons. The summed E-state index contributed by atoms with van der Waals surface area (Å²) in [7, 11) is 0. The fraction of sp³-hybridized carbons (Fsp3) is 0. The Balaban J connectivity index is 1.05. The first-order valence-electron chi connectivity index (χ1n) is 24.4. The van der Waals surface area contributed by atoms with Gasteiger partial charge < -0.3 is 18.1 Å². The summed E-state index contributed by atoms with van der Waals surface area (Å²) in [6.45, 7) is -0.121. The summed E-state index contributed by atoms with van der Waals surface area (Å²) in [6.07, 6.45) is 0. The molecule has 20 rings (SSSR count). The first-order chi connectivity index (χ1) is 34.8. The Morgan fingerprint density at radius 1 is 0.314 bits per heavy atom. The second-order valence-corrected chi connectivity index (χ2v) is 22.2. The van der Waals surface area contributed by atoms with Crippen LogP contribution in [0.2, 0.25) is 0 Å². The Morgan fingerprint density at radius 2 is 0.714 bits per heavy atom. The number of benzene rings is 10. The van der Waals surface area contributed by atoms with E-state index in [9.17, 15) is 0 Å². The Hall–Kier alpha value is -8.29. The van der Waals surface area contributed by atoms with Crippen molar-refractivity contribution >= 4 is 175 Å². The second kappa shape index (κ2) is 11.4. The van der Waals surface area contributed by atoms with Crippen molar-refractivity contribution in [1.82, 2.24) is 18.1 Å². The lowest BCUT2D eigenvalue weighted by Crippen LogP contribution is -2.55. The lowest BCUT2D eigenvalue weighted by molar-refractivity contribution is 1.18. The second-order valence-electron chi connectivity index (χ2n) is 20.1. The van der Waals surface area contributed by atoms with Crippen LogP contribution in [-0.2, 0) is 0 Å². The molecule has 8 heteroatoms. The maximum absolute atomic E-state index is 2.83. The quantitative estimate of drug-likeness (QED) is 0.135. The number of thiophene rings is 2. The molecule has 0 amide bonds. The molecule has 16 aromatic rings. The molecule has 0 saturated heterocycles. The van der Waals surface area contributed by atoms with Gasteiger partial charge in [-0.15, -0.1) is 22.7 Å². The molecule has 0 N–H and O–H groups in total.